The van der Waals surface area contributed by atoms with E-state index in [-0.39, 0.29) is 36.2 Å². The van der Waals surface area contributed by atoms with Gasteiger partial charge >= 0.3 is 6.18 Å². The molecule has 0 fully saturated rings. The summed E-state index contributed by atoms with van der Waals surface area (Å²) >= 11 is 5.81. The molecule has 0 aliphatic heterocycles. The molecule has 0 saturated heterocycles. The van der Waals surface area contributed by atoms with Crippen molar-refractivity contribution in [2.24, 2.45) is 0 Å². The van der Waals surface area contributed by atoms with E-state index in [1.54, 1.807) is 0 Å². The smallest absolute Gasteiger partial charge is 0.384 e. The maximum Gasteiger partial charge on any atom is 0.417 e. The Morgan fingerprint density at radius 3 is 2.68 bits per heavy atom. The van der Waals surface area contributed by atoms with Crippen molar-refractivity contribution >= 4 is 17.5 Å². The fraction of sp³-hybridized carbons (Fsp3) is 0.368. The molecule has 2 atom stereocenters. The average Bonchev–Trinajstić information content (AvgIpc) is 2.63. The Morgan fingerprint density at radius 2 is 2.00 bits per heavy atom. The Hall–Kier alpha value is -2.19. The molecule has 1 heterocycles. The predicted octanol–water partition coefficient (Wildman–Crippen LogP) is 4.24. The van der Waals surface area contributed by atoms with E-state index in [1.165, 1.54) is 37.4 Å². The van der Waals surface area contributed by atoms with Crippen LogP contribution in [-0.2, 0) is 28.8 Å². The van der Waals surface area contributed by atoms with E-state index in [4.69, 9.17) is 11.6 Å². The lowest BCUT2D eigenvalue weighted by Gasteiger charge is -2.37. The molecule has 1 aliphatic carbocycles. The summed E-state index contributed by atoms with van der Waals surface area (Å²) in [5, 5.41) is 12.2. The van der Waals surface area contributed by atoms with Gasteiger partial charge in [0.25, 0.3) is 5.91 Å². The monoisotopic (exact) mass is 416 g/mol. The quantitative estimate of drug-likeness (QED) is 0.736. The van der Waals surface area contributed by atoms with E-state index in [9.17, 15) is 23.1 Å². The zero-order valence-electron chi connectivity index (χ0n) is 14.8. The van der Waals surface area contributed by atoms with Gasteiger partial charge in [-0.1, -0.05) is 29.8 Å². The summed E-state index contributed by atoms with van der Waals surface area (Å²) in [5.74, 6) is -1.02. The van der Waals surface area contributed by atoms with Crippen LogP contribution in [0.2, 0.25) is 5.02 Å². The maximum absolute atomic E-state index is 15.6. The van der Waals surface area contributed by atoms with Crippen molar-refractivity contribution in [1.82, 2.24) is 10.3 Å². The van der Waals surface area contributed by atoms with Gasteiger partial charge in [0.05, 0.1) is 16.3 Å². The van der Waals surface area contributed by atoms with E-state index >= 15 is 4.39 Å². The number of carbonyl (C=O) groups is 1. The Morgan fingerprint density at radius 1 is 1.29 bits per heavy atom. The largest absolute Gasteiger partial charge is 0.417 e. The number of aromatic nitrogens is 1. The van der Waals surface area contributed by atoms with Crippen LogP contribution in [0.1, 0.15) is 42.1 Å². The van der Waals surface area contributed by atoms with Gasteiger partial charge in [0.2, 0.25) is 5.67 Å². The molecule has 3 rings (SSSR count). The summed E-state index contributed by atoms with van der Waals surface area (Å²) in [7, 11) is 0. The van der Waals surface area contributed by atoms with Gasteiger partial charge < -0.3 is 10.4 Å². The van der Waals surface area contributed by atoms with Crippen molar-refractivity contribution in [3.63, 3.8) is 0 Å². The van der Waals surface area contributed by atoms with E-state index in [2.05, 4.69) is 10.3 Å². The molecule has 1 aromatic carbocycles. The number of hydrogen-bond acceptors (Lipinski definition) is 3. The van der Waals surface area contributed by atoms with E-state index in [0.717, 1.165) is 6.07 Å². The first kappa shape index (κ1) is 20.5. The molecule has 2 unspecified atom stereocenters. The Bertz CT molecular complexity index is 917. The van der Waals surface area contributed by atoms with Crippen molar-refractivity contribution in [3.05, 3.63) is 63.9 Å². The maximum atomic E-state index is 15.6. The van der Waals surface area contributed by atoms with Crippen LogP contribution >= 0.6 is 11.6 Å². The molecule has 1 aliphatic rings. The van der Waals surface area contributed by atoms with Crippen LogP contribution in [0.15, 0.2) is 36.5 Å². The molecule has 2 aromatic rings. The topological polar surface area (TPSA) is 62.2 Å². The zero-order valence-corrected chi connectivity index (χ0v) is 15.5. The summed E-state index contributed by atoms with van der Waals surface area (Å²) in [4.78, 5) is 16.6. The van der Waals surface area contributed by atoms with Gasteiger partial charge in [-0.05, 0) is 37.5 Å². The third-order valence-corrected chi connectivity index (χ3v) is 5.33. The van der Waals surface area contributed by atoms with Gasteiger partial charge in [-0.15, -0.1) is 0 Å². The lowest BCUT2D eigenvalue weighted by atomic mass is 9.75. The Balaban J connectivity index is 1.85. The number of benzene rings is 1. The molecule has 4 nitrogen and oxygen atoms in total. The fourth-order valence-electron chi connectivity index (χ4n) is 3.31. The first-order valence-corrected chi connectivity index (χ1v) is 8.85. The number of halogens is 5. The number of amides is 1. The molecule has 9 heteroatoms. The molecule has 0 bridgehead atoms. The van der Waals surface area contributed by atoms with Crippen LogP contribution in [0.25, 0.3) is 0 Å². The summed E-state index contributed by atoms with van der Waals surface area (Å²) in [6, 6.07) is 6.14. The molecule has 0 spiro atoms. The highest BCUT2D eigenvalue weighted by Crippen LogP contribution is 2.45. The standard InChI is InChI=1S/C19H17ClF4N2O2/c1-17(28)7-8-18(21,13-6-3-9-25-15(13)17)16(27)26-10-11-4-2-5-12(14(11)20)19(22,23)24/h2-6,9,28H,7-8,10H2,1H3,(H,26,27). The highest BCUT2D eigenvalue weighted by molar-refractivity contribution is 6.32. The van der Waals surface area contributed by atoms with Crippen LogP contribution in [0, 0.1) is 0 Å². The lowest BCUT2D eigenvalue weighted by molar-refractivity contribution is -0.137. The van der Waals surface area contributed by atoms with E-state index in [1.807, 2.05) is 0 Å². The van der Waals surface area contributed by atoms with Gasteiger partial charge in [0, 0.05) is 18.3 Å². The van der Waals surface area contributed by atoms with Crippen molar-refractivity contribution in [1.29, 1.82) is 0 Å². The van der Waals surface area contributed by atoms with Crippen molar-refractivity contribution in [2.45, 2.75) is 43.8 Å². The summed E-state index contributed by atoms with van der Waals surface area (Å²) in [5.41, 5.74) is -4.84. The van der Waals surface area contributed by atoms with Crippen LogP contribution in [0.5, 0.6) is 0 Å². The first-order valence-electron chi connectivity index (χ1n) is 8.47. The third kappa shape index (κ3) is 3.58. The predicted molar refractivity (Wildman–Crippen MR) is 94.1 cm³/mol. The minimum Gasteiger partial charge on any atom is -0.384 e. The number of nitrogens with one attached hydrogen (secondary N) is 1. The van der Waals surface area contributed by atoms with Crippen LogP contribution < -0.4 is 5.32 Å². The van der Waals surface area contributed by atoms with Crippen LogP contribution in [-0.4, -0.2) is 16.0 Å². The minimum atomic E-state index is -4.64. The number of pyridine rings is 1. The van der Waals surface area contributed by atoms with Crippen molar-refractivity contribution in [3.8, 4) is 0 Å². The normalized spacial score (nSPS) is 24.5. The summed E-state index contributed by atoms with van der Waals surface area (Å²) < 4.78 is 54.5. The molecule has 2 N–H and O–H groups in total. The average molecular weight is 417 g/mol. The second-order valence-corrected chi connectivity index (χ2v) is 7.31. The number of rotatable bonds is 3. The van der Waals surface area contributed by atoms with Gasteiger partial charge in [-0.2, -0.15) is 13.2 Å². The molecule has 0 saturated carbocycles. The van der Waals surface area contributed by atoms with Crippen molar-refractivity contribution in [2.75, 3.05) is 0 Å². The van der Waals surface area contributed by atoms with Gasteiger partial charge in [0.1, 0.15) is 5.60 Å². The van der Waals surface area contributed by atoms with Gasteiger partial charge in [-0.3, -0.25) is 9.78 Å². The van der Waals surface area contributed by atoms with Crippen LogP contribution in [0.3, 0.4) is 0 Å². The first-order chi connectivity index (χ1) is 13.0. The summed E-state index contributed by atoms with van der Waals surface area (Å²) in [6.07, 6.45) is -3.58. The number of nitrogens with zero attached hydrogens (tertiary/aromatic N) is 1. The van der Waals surface area contributed by atoms with Crippen LogP contribution in [0.4, 0.5) is 17.6 Å². The molecule has 0 radical (unpaired) electrons. The molecular weight excluding hydrogens is 400 g/mol. The fourth-order valence-corrected chi connectivity index (χ4v) is 3.61. The SMILES string of the molecule is CC1(O)CCC(F)(C(=O)NCc2cccc(C(F)(F)F)c2Cl)c2cccnc21. The highest BCUT2D eigenvalue weighted by Gasteiger charge is 2.50. The number of alkyl halides is 4. The minimum absolute atomic E-state index is 0.0163. The molecule has 1 amide bonds. The van der Waals surface area contributed by atoms with Gasteiger partial charge in [-0.25, -0.2) is 4.39 Å². The number of carbonyl (C=O) groups excluding carboxylic acids is 1. The zero-order chi connectivity index (χ0) is 20.7. The third-order valence-electron chi connectivity index (χ3n) is 4.88. The molecule has 28 heavy (non-hydrogen) atoms. The second kappa shape index (κ2) is 7.00. The highest BCUT2D eigenvalue weighted by atomic mass is 35.5. The van der Waals surface area contributed by atoms with E-state index in [0.29, 0.717) is 0 Å². The number of fused-ring (bicyclic) bond motifs is 1. The Labute approximate surface area is 163 Å². The molecule has 1 aromatic heterocycles. The number of aliphatic hydroxyl groups is 1. The summed E-state index contributed by atoms with van der Waals surface area (Å²) in [6.45, 7) is 1.11. The van der Waals surface area contributed by atoms with E-state index < -0.39 is 33.9 Å². The Kier molecular flexibility index (Phi) is 5.14. The second-order valence-electron chi connectivity index (χ2n) is 6.93. The van der Waals surface area contributed by atoms with Crippen molar-refractivity contribution < 1.29 is 27.5 Å². The molecular formula is C19H17ClF4N2O2. The van der Waals surface area contributed by atoms with Gasteiger partial charge in [0.15, 0.2) is 0 Å². The molecule has 150 valence electrons. The lowest BCUT2D eigenvalue weighted by Crippen LogP contribution is -2.47. The number of hydrogen-bond donors (Lipinski definition) is 2.